The molecule has 4 aliphatic rings. The lowest BCUT2D eigenvalue weighted by Gasteiger charge is -2.41. The van der Waals surface area contributed by atoms with Gasteiger partial charge >= 0.3 is 0 Å². The van der Waals surface area contributed by atoms with Gasteiger partial charge in [-0.3, -0.25) is 18.9 Å². The lowest BCUT2D eigenvalue weighted by molar-refractivity contribution is -0.127. The first kappa shape index (κ1) is 27.2. The number of nitrogens with zero attached hydrogens (tertiary/aromatic N) is 4. The number of aromatic nitrogens is 2. The van der Waals surface area contributed by atoms with Crippen LogP contribution in [0.25, 0.3) is 21.0 Å². The number of thiazole rings is 1. The largest absolute Gasteiger partial charge is 0.368 e. The molecule has 214 valence electrons. The number of carbonyl (C=O) groups excluding carboxylic acids is 1. The molecule has 4 unspecified atom stereocenters. The Kier molecular flexibility index (Phi) is 6.79. The van der Waals surface area contributed by atoms with Gasteiger partial charge in [-0.25, -0.2) is 4.98 Å². The van der Waals surface area contributed by atoms with Crippen LogP contribution in [0.1, 0.15) is 43.7 Å². The Morgan fingerprint density at radius 3 is 2.51 bits per heavy atom. The number of carbonyl (C=O) groups is 1. The molecule has 1 amide bonds. The minimum Gasteiger partial charge on any atom is -0.368 e. The lowest BCUT2D eigenvalue weighted by atomic mass is 9.76. The van der Waals surface area contributed by atoms with Crippen LogP contribution in [0.3, 0.4) is 0 Å². The first-order valence-electron chi connectivity index (χ1n) is 14.2. The maximum atomic E-state index is 13.6. The molecular formula is C30H32ClN5O3S2. The zero-order chi connectivity index (χ0) is 28.4. The summed E-state index contributed by atoms with van der Waals surface area (Å²) in [5.74, 6) is 1.72. The van der Waals surface area contributed by atoms with Gasteiger partial charge in [0.15, 0.2) is 0 Å². The SMILES string of the molecule is N#CC1(NC(=O)C2CC3CC3CC2c2nc(-c3cncc(Cl)c3)sc2-c2ccc(N3CCS(O)(O)CC3)cc2)CC1. The fourth-order valence-corrected chi connectivity index (χ4v) is 8.96. The topological polar surface area (TPSA) is 122 Å². The van der Waals surface area contributed by atoms with Crippen LogP contribution in [0.15, 0.2) is 42.7 Å². The zero-order valence-corrected chi connectivity index (χ0v) is 24.9. The van der Waals surface area contributed by atoms with Crippen LogP contribution in [-0.4, -0.2) is 55.1 Å². The van der Waals surface area contributed by atoms with E-state index in [-0.39, 0.29) is 17.7 Å². The van der Waals surface area contributed by atoms with Crippen molar-refractivity contribution in [3.8, 4) is 27.1 Å². The maximum Gasteiger partial charge on any atom is 0.225 e. The summed E-state index contributed by atoms with van der Waals surface area (Å²) >= 11 is 7.88. The third kappa shape index (κ3) is 5.46. The highest BCUT2D eigenvalue weighted by Crippen LogP contribution is 2.58. The molecule has 0 spiro atoms. The van der Waals surface area contributed by atoms with Gasteiger partial charge in [0.2, 0.25) is 5.91 Å². The summed E-state index contributed by atoms with van der Waals surface area (Å²) in [6, 6.07) is 12.6. The van der Waals surface area contributed by atoms with E-state index in [2.05, 4.69) is 45.5 Å². The Labute approximate surface area is 250 Å². The second kappa shape index (κ2) is 10.2. The molecule has 41 heavy (non-hydrogen) atoms. The van der Waals surface area contributed by atoms with Gasteiger partial charge in [-0.2, -0.15) is 15.9 Å². The molecule has 2 aromatic heterocycles. The summed E-state index contributed by atoms with van der Waals surface area (Å²) in [4.78, 5) is 26.3. The van der Waals surface area contributed by atoms with Gasteiger partial charge in [-0.05, 0) is 67.7 Å². The van der Waals surface area contributed by atoms with E-state index in [0.29, 0.717) is 41.5 Å². The minimum absolute atomic E-state index is 0.0178. The molecule has 4 atom stereocenters. The molecule has 3 heterocycles. The number of rotatable bonds is 6. The number of halogens is 1. The molecule has 3 N–H and O–H groups in total. The highest BCUT2D eigenvalue weighted by Gasteiger charge is 2.52. The van der Waals surface area contributed by atoms with E-state index in [9.17, 15) is 19.2 Å². The molecule has 4 fully saturated rings. The Bertz CT molecular complexity index is 1520. The number of nitriles is 1. The predicted molar refractivity (Wildman–Crippen MR) is 163 cm³/mol. The van der Waals surface area contributed by atoms with Crippen molar-refractivity contribution in [2.24, 2.45) is 17.8 Å². The third-order valence-corrected chi connectivity index (χ3v) is 12.2. The molecule has 3 saturated carbocycles. The lowest BCUT2D eigenvalue weighted by Crippen LogP contribution is -2.43. The van der Waals surface area contributed by atoms with E-state index in [0.717, 1.165) is 64.5 Å². The van der Waals surface area contributed by atoms with Crippen LogP contribution in [-0.2, 0) is 4.79 Å². The quantitative estimate of drug-likeness (QED) is 0.296. The van der Waals surface area contributed by atoms with Crippen LogP contribution < -0.4 is 10.2 Å². The summed E-state index contributed by atoms with van der Waals surface area (Å²) in [5, 5.41) is 14.1. The van der Waals surface area contributed by atoms with Gasteiger partial charge in [0.05, 0.1) is 33.2 Å². The molecule has 0 radical (unpaired) electrons. The summed E-state index contributed by atoms with van der Waals surface area (Å²) < 4.78 is 20.0. The van der Waals surface area contributed by atoms with E-state index >= 15 is 0 Å². The highest BCUT2D eigenvalue weighted by atomic mass is 35.5. The van der Waals surface area contributed by atoms with E-state index in [1.807, 2.05) is 6.07 Å². The van der Waals surface area contributed by atoms with Gasteiger partial charge in [0.25, 0.3) is 0 Å². The van der Waals surface area contributed by atoms with E-state index in [1.165, 1.54) is 0 Å². The maximum absolute atomic E-state index is 13.6. The van der Waals surface area contributed by atoms with Crippen LogP contribution in [0, 0.1) is 29.1 Å². The van der Waals surface area contributed by atoms with Crippen molar-refractivity contribution in [2.45, 2.75) is 43.6 Å². The monoisotopic (exact) mass is 609 g/mol. The van der Waals surface area contributed by atoms with Crippen molar-refractivity contribution in [2.75, 3.05) is 29.5 Å². The van der Waals surface area contributed by atoms with Gasteiger partial charge in [-0.1, -0.05) is 23.7 Å². The number of amides is 1. The van der Waals surface area contributed by atoms with Crippen molar-refractivity contribution >= 4 is 45.1 Å². The Morgan fingerprint density at radius 1 is 1.10 bits per heavy atom. The second-order valence-electron chi connectivity index (χ2n) is 12.0. The molecule has 3 aromatic rings. The zero-order valence-electron chi connectivity index (χ0n) is 22.5. The molecule has 1 saturated heterocycles. The standard InChI is InChI=1S/C30H32ClN5O3S2/c31-22-12-21(15-33-16-22)29-34-26(24-13-19-11-20(19)14-25(24)28(37)35-30(17-32)5-6-30)27(40-29)18-1-3-23(4-2-18)36-7-9-41(38,39)10-8-36/h1-4,12,15-16,19-20,24-25,38-39H,5-11,13-14H2,(H,35,37). The van der Waals surface area contributed by atoms with Crippen LogP contribution in [0.4, 0.5) is 5.69 Å². The average Bonchev–Trinajstić information content (AvgIpc) is 3.88. The average molecular weight is 610 g/mol. The fourth-order valence-electron chi connectivity index (χ4n) is 6.43. The number of nitrogens with one attached hydrogen (secondary N) is 1. The normalized spacial score (nSPS) is 28.2. The van der Waals surface area contributed by atoms with E-state index in [1.54, 1.807) is 23.7 Å². The summed E-state index contributed by atoms with van der Waals surface area (Å²) in [5.41, 5.74) is 3.19. The van der Waals surface area contributed by atoms with Gasteiger partial charge in [-0.15, -0.1) is 11.3 Å². The number of hydrogen-bond donors (Lipinski definition) is 3. The second-order valence-corrected chi connectivity index (χ2v) is 15.8. The number of hydrogen-bond acceptors (Lipinski definition) is 8. The minimum atomic E-state index is -2.46. The predicted octanol–water partition coefficient (Wildman–Crippen LogP) is 6.40. The Balaban J connectivity index is 1.24. The fraction of sp³-hybridized carbons (Fsp3) is 0.467. The molecule has 11 heteroatoms. The van der Waals surface area contributed by atoms with Crippen molar-refractivity contribution in [3.63, 3.8) is 0 Å². The molecule has 3 aliphatic carbocycles. The van der Waals surface area contributed by atoms with Gasteiger partial charge in [0.1, 0.15) is 10.5 Å². The number of fused-ring (bicyclic) bond motifs is 1. The molecule has 0 bridgehead atoms. The molecule has 7 rings (SSSR count). The van der Waals surface area contributed by atoms with E-state index < -0.39 is 16.1 Å². The first-order valence-corrected chi connectivity index (χ1v) is 17.2. The van der Waals surface area contributed by atoms with Gasteiger partial charge < -0.3 is 10.2 Å². The van der Waals surface area contributed by atoms with Crippen LogP contribution >= 0.6 is 33.5 Å². The van der Waals surface area contributed by atoms with Gasteiger partial charge in [0, 0.05) is 48.6 Å². The van der Waals surface area contributed by atoms with Crippen LogP contribution in [0.2, 0.25) is 5.02 Å². The van der Waals surface area contributed by atoms with Crippen molar-refractivity contribution in [1.82, 2.24) is 15.3 Å². The molecule has 8 nitrogen and oxygen atoms in total. The Morgan fingerprint density at radius 2 is 1.83 bits per heavy atom. The van der Waals surface area contributed by atoms with Crippen molar-refractivity contribution in [3.05, 3.63) is 53.4 Å². The molecular weight excluding hydrogens is 578 g/mol. The van der Waals surface area contributed by atoms with E-state index in [4.69, 9.17) is 16.6 Å². The number of pyridine rings is 1. The summed E-state index contributed by atoms with van der Waals surface area (Å²) in [7, 11) is -2.46. The third-order valence-electron chi connectivity index (χ3n) is 9.16. The number of anilines is 1. The summed E-state index contributed by atoms with van der Waals surface area (Å²) in [6.07, 6.45) is 7.72. The smallest absolute Gasteiger partial charge is 0.225 e. The Hall–Kier alpha value is -2.68. The first-order chi connectivity index (χ1) is 19.7. The number of benzene rings is 1. The van der Waals surface area contributed by atoms with Crippen molar-refractivity contribution in [1.29, 1.82) is 5.26 Å². The highest BCUT2D eigenvalue weighted by molar-refractivity contribution is 8.24. The summed E-state index contributed by atoms with van der Waals surface area (Å²) in [6.45, 7) is 1.23. The molecule has 1 aliphatic heterocycles. The van der Waals surface area contributed by atoms with Crippen molar-refractivity contribution < 1.29 is 13.9 Å². The molecule has 1 aromatic carbocycles. The van der Waals surface area contributed by atoms with Crippen LogP contribution in [0.5, 0.6) is 0 Å².